The van der Waals surface area contributed by atoms with Gasteiger partial charge in [-0.25, -0.2) is 4.79 Å². The van der Waals surface area contributed by atoms with Crippen LogP contribution in [0.3, 0.4) is 0 Å². The largest absolute Gasteiger partial charge is 0.333 e. The van der Waals surface area contributed by atoms with Crippen molar-refractivity contribution in [3.8, 4) is 23.6 Å². The Morgan fingerprint density at radius 1 is 1.14 bits per heavy atom. The summed E-state index contributed by atoms with van der Waals surface area (Å²) in [6, 6.07) is 15.0. The van der Waals surface area contributed by atoms with Gasteiger partial charge in [0, 0.05) is 18.0 Å². The van der Waals surface area contributed by atoms with Crippen molar-refractivity contribution in [2.45, 2.75) is 0 Å². The third-order valence-corrected chi connectivity index (χ3v) is 4.74. The average Bonchev–Trinajstić information content (AvgIpc) is 2.98. The Labute approximate surface area is 168 Å². The zero-order valence-corrected chi connectivity index (χ0v) is 16.5. The molecule has 0 amide bonds. The van der Waals surface area contributed by atoms with Gasteiger partial charge in [0.25, 0.3) is 0 Å². The molecule has 0 aliphatic carbocycles. The zero-order chi connectivity index (χ0) is 20.5. The van der Waals surface area contributed by atoms with Gasteiger partial charge in [0.1, 0.15) is 0 Å². The van der Waals surface area contributed by atoms with Crippen LogP contribution in [0.2, 0.25) is 0 Å². The van der Waals surface area contributed by atoms with Crippen LogP contribution >= 0.6 is 0 Å². The summed E-state index contributed by atoms with van der Waals surface area (Å²) in [5.41, 5.74) is 4.09. The van der Waals surface area contributed by atoms with E-state index in [1.165, 1.54) is 0 Å². The molecule has 0 aliphatic heterocycles. The maximum Gasteiger partial charge on any atom is 0.333 e. The van der Waals surface area contributed by atoms with Gasteiger partial charge < -0.3 is 0 Å². The zero-order valence-electron chi connectivity index (χ0n) is 16.5. The van der Waals surface area contributed by atoms with E-state index in [0.29, 0.717) is 17.8 Å². The van der Waals surface area contributed by atoms with Crippen molar-refractivity contribution in [3.63, 3.8) is 0 Å². The minimum Gasteiger partial charge on any atom is -0.299 e. The summed E-state index contributed by atoms with van der Waals surface area (Å²) in [7, 11) is 5.67. The number of nitriles is 1. The molecule has 0 fully saturated rings. The predicted octanol–water partition coefficient (Wildman–Crippen LogP) is 2.66. The lowest BCUT2D eigenvalue weighted by molar-refractivity contribution is 0.464. The van der Waals surface area contributed by atoms with Crippen molar-refractivity contribution in [2.24, 2.45) is 7.05 Å². The van der Waals surface area contributed by atoms with E-state index in [1.54, 1.807) is 40.6 Å². The fourth-order valence-corrected chi connectivity index (χ4v) is 3.33. The first-order valence-corrected chi connectivity index (χ1v) is 9.14. The third-order valence-electron chi connectivity index (χ3n) is 4.74. The van der Waals surface area contributed by atoms with Crippen molar-refractivity contribution in [1.29, 1.82) is 5.26 Å². The van der Waals surface area contributed by atoms with E-state index in [1.807, 2.05) is 43.3 Å². The van der Waals surface area contributed by atoms with E-state index in [0.717, 1.165) is 27.5 Å². The first-order valence-electron chi connectivity index (χ1n) is 9.14. The molecule has 4 rings (SSSR count). The van der Waals surface area contributed by atoms with Gasteiger partial charge in [-0.2, -0.15) is 5.26 Å². The van der Waals surface area contributed by atoms with Crippen LogP contribution in [0, 0.1) is 23.2 Å². The number of nitrogens with zero attached hydrogens (tertiary/aromatic N) is 5. The molecule has 0 spiro atoms. The normalized spacial score (nSPS) is 10.9. The van der Waals surface area contributed by atoms with Crippen LogP contribution in [0.5, 0.6) is 0 Å². The monoisotopic (exact) mass is 381 g/mol. The fraction of sp³-hybridized carbons (Fsp3) is 0.174. The van der Waals surface area contributed by atoms with E-state index in [2.05, 4.69) is 22.9 Å². The molecule has 0 radical (unpaired) electrons. The highest BCUT2D eigenvalue weighted by atomic mass is 16.1. The Balaban J connectivity index is 2.04. The maximum absolute atomic E-state index is 13.0. The van der Waals surface area contributed by atoms with Crippen LogP contribution in [0.1, 0.15) is 11.1 Å². The first kappa shape index (κ1) is 18.5. The molecule has 4 aromatic rings. The highest BCUT2D eigenvalue weighted by molar-refractivity contribution is 6.03. The second-order valence-electron chi connectivity index (χ2n) is 7.10. The number of pyridine rings is 1. The lowest BCUT2D eigenvalue weighted by atomic mass is 10.1. The summed E-state index contributed by atoms with van der Waals surface area (Å²) in [6.45, 7) is 0.664. The molecule has 0 atom stereocenters. The lowest BCUT2D eigenvalue weighted by Gasteiger charge is -2.07. The smallest absolute Gasteiger partial charge is 0.299 e. The Morgan fingerprint density at radius 2 is 1.97 bits per heavy atom. The van der Waals surface area contributed by atoms with Crippen molar-refractivity contribution in [3.05, 3.63) is 70.3 Å². The van der Waals surface area contributed by atoms with E-state index >= 15 is 0 Å². The van der Waals surface area contributed by atoms with Gasteiger partial charge in [-0.3, -0.25) is 19.0 Å². The Kier molecular flexibility index (Phi) is 4.64. The Bertz CT molecular complexity index is 1410. The van der Waals surface area contributed by atoms with E-state index in [4.69, 9.17) is 0 Å². The minimum atomic E-state index is -0.187. The second kappa shape index (κ2) is 7.27. The summed E-state index contributed by atoms with van der Waals surface area (Å²) >= 11 is 0. The van der Waals surface area contributed by atoms with Gasteiger partial charge in [-0.1, -0.05) is 17.9 Å². The number of rotatable bonds is 2. The molecular weight excluding hydrogens is 362 g/mol. The molecule has 6 nitrogen and oxygen atoms in total. The SMILES string of the molecule is CN(C)CC#Cc1ccc2ncc3c(c2c1)n(-c1cccc(C#N)c1)c(=O)n3C. The molecule has 2 heterocycles. The number of fused-ring (bicyclic) bond motifs is 3. The number of aromatic nitrogens is 3. The van der Waals surface area contributed by atoms with Crippen LogP contribution in [0.4, 0.5) is 0 Å². The number of imidazole rings is 1. The van der Waals surface area contributed by atoms with Gasteiger partial charge in [-0.15, -0.1) is 0 Å². The van der Waals surface area contributed by atoms with Crippen LogP contribution in [0.15, 0.2) is 53.5 Å². The third kappa shape index (κ3) is 3.27. The van der Waals surface area contributed by atoms with Crippen LogP contribution < -0.4 is 5.69 Å². The Hall–Kier alpha value is -3.87. The van der Waals surface area contributed by atoms with Gasteiger partial charge in [0.05, 0.1) is 46.6 Å². The molecule has 0 N–H and O–H groups in total. The van der Waals surface area contributed by atoms with Crippen molar-refractivity contribution < 1.29 is 0 Å². The lowest BCUT2D eigenvalue weighted by Crippen LogP contribution is -2.20. The minimum absolute atomic E-state index is 0.187. The predicted molar refractivity (Wildman–Crippen MR) is 114 cm³/mol. The number of aryl methyl sites for hydroxylation is 1. The van der Waals surface area contributed by atoms with E-state index < -0.39 is 0 Å². The van der Waals surface area contributed by atoms with Gasteiger partial charge in [0.2, 0.25) is 0 Å². The van der Waals surface area contributed by atoms with Gasteiger partial charge >= 0.3 is 5.69 Å². The van der Waals surface area contributed by atoms with Gasteiger partial charge in [-0.05, 0) is 50.5 Å². The molecule has 0 bridgehead atoms. The molecule has 6 heteroatoms. The molecule has 2 aromatic carbocycles. The van der Waals surface area contributed by atoms with Crippen LogP contribution in [-0.2, 0) is 7.05 Å². The van der Waals surface area contributed by atoms with Crippen molar-refractivity contribution in [2.75, 3.05) is 20.6 Å². The second-order valence-corrected chi connectivity index (χ2v) is 7.10. The highest BCUT2D eigenvalue weighted by Crippen LogP contribution is 2.26. The molecule has 2 aromatic heterocycles. The van der Waals surface area contributed by atoms with Crippen molar-refractivity contribution in [1.82, 2.24) is 19.0 Å². The summed E-state index contributed by atoms with van der Waals surface area (Å²) in [5.74, 6) is 6.31. The van der Waals surface area contributed by atoms with Crippen LogP contribution in [-0.4, -0.2) is 39.7 Å². The molecule has 29 heavy (non-hydrogen) atoms. The standard InChI is InChI=1S/C23H19N5O/c1-26(2)11-5-7-16-9-10-20-19(13-16)22-21(15-25-20)27(3)23(29)28(22)18-8-4-6-17(12-18)14-24/h4,6,8-10,12-13,15H,11H2,1-3H3. The van der Waals surface area contributed by atoms with Crippen molar-refractivity contribution >= 4 is 21.9 Å². The number of hydrogen-bond acceptors (Lipinski definition) is 4. The number of benzene rings is 2. The summed E-state index contributed by atoms with van der Waals surface area (Å²) in [5, 5.41) is 10.1. The first-order chi connectivity index (χ1) is 14.0. The number of hydrogen-bond donors (Lipinski definition) is 0. The summed E-state index contributed by atoms with van der Waals surface area (Å²) < 4.78 is 3.21. The van der Waals surface area contributed by atoms with Gasteiger partial charge in [0.15, 0.2) is 0 Å². The molecule has 0 unspecified atom stereocenters. The van der Waals surface area contributed by atoms with E-state index in [9.17, 15) is 10.1 Å². The summed E-state index contributed by atoms with van der Waals surface area (Å²) in [6.07, 6.45) is 1.71. The van der Waals surface area contributed by atoms with Crippen LogP contribution in [0.25, 0.3) is 27.6 Å². The molecule has 0 saturated heterocycles. The maximum atomic E-state index is 13.0. The van der Waals surface area contributed by atoms with E-state index in [-0.39, 0.29) is 5.69 Å². The Morgan fingerprint density at radius 3 is 2.72 bits per heavy atom. The summed E-state index contributed by atoms with van der Waals surface area (Å²) in [4.78, 5) is 19.6. The molecular formula is C23H19N5O. The topological polar surface area (TPSA) is 66.8 Å². The molecule has 0 aliphatic rings. The fourth-order valence-electron chi connectivity index (χ4n) is 3.33. The average molecular weight is 381 g/mol. The quantitative estimate of drug-likeness (QED) is 0.501. The highest BCUT2D eigenvalue weighted by Gasteiger charge is 2.16. The molecule has 142 valence electrons. The molecule has 0 saturated carbocycles.